The second-order valence-electron chi connectivity index (χ2n) is 11.9. The molecule has 0 bridgehead atoms. The molecule has 0 aliphatic heterocycles. The van der Waals surface area contributed by atoms with E-state index in [-0.39, 0.29) is 40.7 Å². The summed E-state index contributed by atoms with van der Waals surface area (Å²) in [6.45, 7) is 8.15. The van der Waals surface area contributed by atoms with Crippen LogP contribution in [0.4, 0.5) is 0 Å². The van der Waals surface area contributed by atoms with Gasteiger partial charge >= 0.3 is 11.9 Å². The molecule has 0 spiro atoms. The minimum absolute atomic E-state index is 0.0705. The Morgan fingerprint density at radius 3 is 2.47 bits per heavy atom. The summed E-state index contributed by atoms with van der Waals surface area (Å²) in [6.07, 6.45) is 10.4. The SMILES string of the molecule is CC(=O)O[C@@H]1CC2=CC=C3[C@@H]4CC[C@H](C(C)C=O)[C@@]4(C)CC[C@@H]3[C@@]2(C)[C@@H](OC(=O)c2ccccc2)C1. The van der Waals surface area contributed by atoms with Gasteiger partial charge in [-0.1, -0.05) is 62.3 Å². The van der Waals surface area contributed by atoms with Gasteiger partial charge in [-0.15, -0.1) is 0 Å². The first-order valence-electron chi connectivity index (χ1n) is 13.5. The van der Waals surface area contributed by atoms with Crippen LogP contribution in [0.25, 0.3) is 0 Å². The predicted octanol–water partition coefficient (Wildman–Crippen LogP) is 6.09. The number of aldehydes is 1. The van der Waals surface area contributed by atoms with E-state index in [1.165, 1.54) is 18.1 Å². The maximum Gasteiger partial charge on any atom is 0.338 e. The van der Waals surface area contributed by atoms with Crippen LogP contribution in [0.1, 0.15) is 76.6 Å². The molecule has 0 radical (unpaired) electrons. The molecule has 8 atom stereocenters. The predicted molar refractivity (Wildman–Crippen MR) is 137 cm³/mol. The van der Waals surface area contributed by atoms with Crippen molar-refractivity contribution in [1.82, 2.24) is 0 Å². The van der Waals surface area contributed by atoms with Crippen molar-refractivity contribution < 1.29 is 23.9 Å². The zero-order valence-electron chi connectivity index (χ0n) is 21.9. The van der Waals surface area contributed by atoms with E-state index in [9.17, 15) is 14.4 Å². The molecule has 1 aromatic carbocycles. The second kappa shape index (κ2) is 9.32. The summed E-state index contributed by atoms with van der Waals surface area (Å²) in [5.41, 5.74) is 2.97. The Kier molecular flexibility index (Phi) is 6.46. The molecule has 0 amide bonds. The van der Waals surface area contributed by atoms with E-state index in [1.807, 2.05) is 18.2 Å². The average molecular weight is 491 g/mol. The number of hydrogen-bond donors (Lipinski definition) is 0. The fourth-order valence-electron chi connectivity index (χ4n) is 8.27. The number of benzene rings is 1. The Balaban J connectivity index is 1.50. The summed E-state index contributed by atoms with van der Waals surface area (Å²) in [7, 11) is 0. The number of carbonyl (C=O) groups is 3. The Hall–Kier alpha value is -2.69. The number of allylic oxidation sites excluding steroid dienone is 3. The molecule has 4 aliphatic rings. The van der Waals surface area contributed by atoms with Gasteiger partial charge in [0.05, 0.1) is 5.56 Å². The Labute approximate surface area is 214 Å². The van der Waals surface area contributed by atoms with Crippen LogP contribution >= 0.6 is 0 Å². The molecule has 3 saturated carbocycles. The van der Waals surface area contributed by atoms with Gasteiger partial charge in [0.25, 0.3) is 0 Å². The van der Waals surface area contributed by atoms with Crippen molar-refractivity contribution >= 4 is 18.2 Å². The molecule has 0 N–H and O–H groups in total. The number of hydrogen-bond acceptors (Lipinski definition) is 5. The van der Waals surface area contributed by atoms with E-state index in [4.69, 9.17) is 9.47 Å². The zero-order valence-corrected chi connectivity index (χ0v) is 21.9. The molecule has 5 rings (SSSR count). The molecule has 1 aromatic rings. The van der Waals surface area contributed by atoms with Crippen LogP contribution in [0.15, 0.2) is 53.6 Å². The lowest BCUT2D eigenvalue weighted by molar-refractivity contribution is -0.151. The minimum Gasteiger partial charge on any atom is -0.462 e. The van der Waals surface area contributed by atoms with Crippen molar-refractivity contribution in [3.8, 4) is 0 Å². The summed E-state index contributed by atoms with van der Waals surface area (Å²) >= 11 is 0. The van der Waals surface area contributed by atoms with Gasteiger partial charge in [0, 0.05) is 31.1 Å². The van der Waals surface area contributed by atoms with E-state index in [0.29, 0.717) is 30.2 Å². The van der Waals surface area contributed by atoms with Crippen molar-refractivity contribution in [2.24, 2.45) is 34.5 Å². The first-order valence-corrected chi connectivity index (χ1v) is 13.5. The summed E-state index contributed by atoms with van der Waals surface area (Å²) in [6, 6.07) is 9.12. The van der Waals surface area contributed by atoms with Crippen molar-refractivity contribution in [2.45, 2.75) is 78.4 Å². The molecule has 192 valence electrons. The van der Waals surface area contributed by atoms with Gasteiger partial charge in [0.15, 0.2) is 0 Å². The third-order valence-electron chi connectivity index (χ3n) is 10.1. The number of carbonyl (C=O) groups excluding carboxylic acids is 3. The van der Waals surface area contributed by atoms with Crippen molar-refractivity contribution in [1.29, 1.82) is 0 Å². The summed E-state index contributed by atoms with van der Waals surface area (Å²) in [4.78, 5) is 36.7. The van der Waals surface area contributed by atoms with Crippen molar-refractivity contribution in [3.05, 3.63) is 59.2 Å². The molecule has 0 aromatic heterocycles. The lowest BCUT2D eigenvalue weighted by Crippen LogP contribution is -2.54. The van der Waals surface area contributed by atoms with E-state index >= 15 is 0 Å². The van der Waals surface area contributed by atoms with Gasteiger partial charge in [0.2, 0.25) is 0 Å². The number of rotatable bonds is 5. The largest absolute Gasteiger partial charge is 0.462 e. The quantitative estimate of drug-likeness (QED) is 0.369. The summed E-state index contributed by atoms with van der Waals surface area (Å²) in [5.74, 6) is 0.552. The standard InChI is InChI=1S/C31H38O5/c1-19(18-32)25-12-13-26-24-11-10-22-16-23(35-20(2)33)17-28(36-29(34)21-8-6-5-7-9-21)31(22,4)27(24)14-15-30(25,26)3/h5-11,18-19,23,25-28H,12-17H2,1-4H3/t19?,23-,25-,26+,27+,28+,30-,31+/m1/s1. The van der Waals surface area contributed by atoms with Crippen LogP contribution in [0, 0.1) is 34.5 Å². The Morgan fingerprint density at radius 2 is 1.78 bits per heavy atom. The third kappa shape index (κ3) is 3.95. The summed E-state index contributed by atoms with van der Waals surface area (Å²) in [5, 5.41) is 0. The molecule has 3 fully saturated rings. The highest BCUT2D eigenvalue weighted by atomic mass is 16.6. The van der Waals surface area contributed by atoms with Crippen molar-refractivity contribution in [2.75, 3.05) is 0 Å². The highest BCUT2D eigenvalue weighted by molar-refractivity contribution is 5.89. The molecule has 1 unspecified atom stereocenters. The molecule has 4 aliphatic carbocycles. The van der Waals surface area contributed by atoms with Gasteiger partial charge in [0.1, 0.15) is 18.5 Å². The first kappa shape index (κ1) is 25.0. The maximum absolute atomic E-state index is 13.2. The molecule has 0 saturated heterocycles. The molecular weight excluding hydrogens is 452 g/mol. The lowest BCUT2D eigenvalue weighted by atomic mass is 9.49. The second-order valence-corrected chi connectivity index (χ2v) is 11.9. The average Bonchev–Trinajstić information content (AvgIpc) is 3.21. The number of esters is 2. The van der Waals surface area contributed by atoms with E-state index in [1.54, 1.807) is 12.1 Å². The van der Waals surface area contributed by atoms with Crippen molar-refractivity contribution in [3.63, 3.8) is 0 Å². The van der Waals surface area contributed by atoms with Gasteiger partial charge in [-0.2, -0.15) is 0 Å². The third-order valence-corrected chi connectivity index (χ3v) is 10.1. The molecule has 0 heterocycles. The normalized spacial score (nSPS) is 37.8. The monoisotopic (exact) mass is 490 g/mol. The highest BCUT2D eigenvalue weighted by Crippen LogP contribution is 2.66. The minimum atomic E-state index is -0.390. The van der Waals surface area contributed by atoms with Gasteiger partial charge in [-0.05, 0) is 61.0 Å². The topological polar surface area (TPSA) is 69.7 Å². The molecule has 5 nitrogen and oxygen atoms in total. The molecule has 36 heavy (non-hydrogen) atoms. The zero-order chi connectivity index (χ0) is 25.7. The fraction of sp³-hybridized carbons (Fsp3) is 0.581. The summed E-state index contributed by atoms with van der Waals surface area (Å²) < 4.78 is 11.9. The maximum atomic E-state index is 13.2. The molecular formula is C31H38O5. The number of fused-ring (bicyclic) bond motifs is 5. The van der Waals surface area contributed by atoms with E-state index in [2.05, 4.69) is 32.9 Å². The number of ether oxygens (including phenoxy) is 2. The van der Waals surface area contributed by atoms with E-state index in [0.717, 1.165) is 32.0 Å². The van der Waals surface area contributed by atoms with Crippen LogP contribution in [0.5, 0.6) is 0 Å². The van der Waals surface area contributed by atoms with Gasteiger partial charge in [-0.25, -0.2) is 4.79 Å². The lowest BCUT2D eigenvalue weighted by Gasteiger charge is -2.57. The molecule has 5 heteroatoms. The van der Waals surface area contributed by atoms with Crippen LogP contribution in [0.3, 0.4) is 0 Å². The highest BCUT2D eigenvalue weighted by Gasteiger charge is 2.60. The Morgan fingerprint density at radius 1 is 1.03 bits per heavy atom. The van der Waals surface area contributed by atoms with Crippen LogP contribution in [-0.4, -0.2) is 30.4 Å². The van der Waals surface area contributed by atoms with Crippen LogP contribution < -0.4 is 0 Å². The van der Waals surface area contributed by atoms with Crippen LogP contribution in [-0.2, 0) is 19.1 Å². The van der Waals surface area contributed by atoms with Crippen LogP contribution in [0.2, 0.25) is 0 Å². The van der Waals surface area contributed by atoms with Gasteiger partial charge in [-0.3, -0.25) is 4.79 Å². The van der Waals surface area contributed by atoms with Gasteiger partial charge < -0.3 is 14.3 Å². The smallest absolute Gasteiger partial charge is 0.338 e. The Bertz CT molecular complexity index is 1100. The fourth-order valence-corrected chi connectivity index (χ4v) is 8.27. The first-order chi connectivity index (χ1) is 17.2. The van der Waals surface area contributed by atoms with E-state index < -0.39 is 6.10 Å².